The van der Waals surface area contributed by atoms with Gasteiger partial charge in [-0.3, -0.25) is 0 Å². The molecule has 2 aromatic rings. The number of nitrogens with one attached hydrogen (secondary N) is 1. The third-order valence-corrected chi connectivity index (χ3v) is 3.11. The molecule has 0 spiro atoms. The van der Waals surface area contributed by atoms with Gasteiger partial charge in [0.05, 0.1) is 24.4 Å². The van der Waals surface area contributed by atoms with Gasteiger partial charge in [0.15, 0.2) is 0 Å². The molecule has 1 N–H and O–H groups in total. The van der Waals surface area contributed by atoms with Crippen LogP contribution >= 0.6 is 0 Å². The third kappa shape index (κ3) is 3.03. The first-order chi connectivity index (χ1) is 9.30. The minimum absolute atomic E-state index is 0.517. The van der Waals surface area contributed by atoms with E-state index >= 15 is 0 Å². The number of benzene rings is 1. The summed E-state index contributed by atoms with van der Waals surface area (Å²) in [6.07, 6.45) is 0.862. The summed E-state index contributed by atoms with van der Waals surface area (Å²) < 4.78 is 10.3. The van der Waals surface area contributed by atoms with Crippen molar-refractivity contribution >= 4 is 16.6 Å². The van der Waals surface area contributed by atoms with Crippen molar-refractivity contribution in [3.05, 3.63) is 35.5 Å². The Balaban J connectivity index is 2.54. The number of aromatic nitrogens is 1. The molecule has 102 valence electrons. The minimum atomic E-state index is 0.517. The Morgan fingerprint density at radius 1 is 1.21 bits per heavy atom. The lowest BCUT2D eigenvalue weighted by atomic mass is 10.1. The molecule has 1 aromatic carbocycles. The Kier molecular flexibility index (Phi) is 4.71. The number of pyridine rings is 1. The van der Waals surface area contributed by atoms with Crippen LogP contribution in [0.4, 0.5) is 5.69 Å². The number of anilines is 1. The second kappa shape index (κ2) is 6.50. The molecule has 0 radical (unpaired) electrons. The normalized spacial score (nSPS) is 10.9. The van der Waals surface area contributed by atoms with Gasteiger partial charge in [-0.25, -0.2) is 4.98 Å². The highest BCUT2D eigenvalue weighted by molar-refractivity contribution is 5.93. The molecule has 4 nitrogen and oxygen atoms in total. The van der Waals surface area contributed by atoms with E-state index in [0.717, 1.165) is 28.7 Å². The second-order valence-electron chi connectivity index (χ2n) is 4.40. The van der Waals surface area contributed by atoms with Crippen LogP contribution in [-0.4, -0.2) is 32.9 Å². The molecule has 0 aliphatic carbocycles. The van der Waals surface area contributed by atoms with E-state index in [2.05, 4.69) is 23.5 Å². The number of para-hydroxylation sites is 1. The summed E-state index contributed by atoms with van der Waals surface area (Å²) in [6.45, 7) is 1.22. The summed E-state index contributed by atoms with van der Waals surface area (Å²) in [5.74, 6) is 0. The Morgan fingerprint density at radius 2 is 2.05 bits per heavy atom. The molecule has 2 rings (SSSR count). The van der Waals surface area contributed by atoms with Gasteiger partial charge in [-0.2, -0.15) is 0 Å². The number of fused-ring (bicyclic) bond motifs is 1. The smallest absolute Gasteiger partial charge is 0.0885 e. The topological polar surface area (TPSA) is 43.4 Å². The van der Waals surface area contributed by atoms with Crippen LogP contribution < -0.4 is 5.32 Å². The first-order valence-corrected chi connectivity index (χ1v) is 6.37. The lowest BCUT2D eigenvalue weighted by Crippen LogP contribution is -2.02. The van der Waals surface area contributed by atoms with Crippen LogP contribution in [-0.2, 0) is 22.5 Å². The third-order valence-electron chi connectivity index (χ3n) is 3.11. The van der Waals surface area contributed by atoms with Crippen LogP contribution in [0.5, 0.6) is 0 Å². The molecular formula is C15H20N2O2. The van der Waals surface area contributed by atoms with E-state index in [1.807, 2.05) is 13.1 Å². The van der Waals surface area contributed by atoms with Crippen molar-refractivity contribution in [1.29, 1.82) is 0 Å². The average molecular weight is 260 g/mol. The van der Waals surface area contributed by atoms with Crippen molar-refractivity contribution in [3.63, 3.8) is 0 Å². The van der Waals surface area contributed by atoms with Crippen LogP contribution in [0.2, 0.25) is 0 Å². The van der Waals surface area contributed by atoms with E-state index in [1.54, 1.807) is 14.2 Å². The minimum Gasteiger partial charge on any atom is -0.388 e. The van der Waals surface area contributed by atoms with Gasteiger partial charge in [0.25, 0.3) is 0 Å². The van der Waals surface area contributed by atoms with Crippen molar-refractivity contribution in [2.75, 3.05) is 33.2 Å². The van der Waals surface area contributed by atoms with Gasteiger partial charge >= 0.3 is 0 Å². The van der Waals surface area contributed by atoms with Crippen molar-refractivity contribution < 1.29 is 9.47 Å². The molecular weight excluding hydrogens is 240 g/mol. The van der Waals surface area contributed by atoms with Crippen LogP contribution in [0.25, 0.3) is 10.9 Å². The molecule has 0 fully saturated rings. The van der Waals surface area contributed by atoms with Crippen molar-refractivity contribution in [2.24, 2.45) is 0 Å². The van der Waals surface area contributed by atoms with Gasteiger partial charge < -0.3 is 14.8 Å². The standard InChI is InChI=1S/C15H20N2O2/c1-16-14-9-12(10-19-3)17-15-11(7-8-18-2)5-4-6-13(14)15/h4-6,9H,7-8,10H2,1-3H3,(H,16,17). The van der Waals surface area contributed by atoms with Crippen LogP contribution in [0, 0.1) is 0 Å². The predicted molar refractivity (Wildman–Crippen MR) is 77.6 cm³/mol. The summed E-state index contributed by atoms with van der Waals surface area (Å²) in [7, 11) is 5.32. The molecule has 0 saturated carbocycles. The molecule has 0 unspecified atom stereocenters. The maximum atomic E-state index is 5.18. The van der Waals surface area contributed by atoms with E-state index in [9.17, 15) is 0 Å². The molecule has 0 bridgehead atoms. The van der Waals surface area contributed by atoms with Gasteiger partial charge in [-0.1, -0.05) is 18.2 Å². The summed E-state index contributed by atoms with van der Waals surface area (Å²) in [6, 6.07) is 8.28. The monoisotopic (exact) mass is 260 g/mol. The molecule has 1 heterocycles. The van der Waals surface area contributed by atoms with Gasteiger partial charge in [-0.15, -0.1) is 0 Å². The Hall–Kier alpha value is -1.65. The fourth-order valence-corrected chi connectivity index (χ4v) is 2.20. The number of rotatable bonds is 6. The average Bonchev–Trinajstić information content (AvgIpc) is 2.44. The lowest BCUT2D eigenvalue weighted by molar-refractivity contribution is 0.182. The summed E-state index contributed by atoms with van der Waals surface area (Å²) in [5.41, 5.74) is 4.24. The van der Waals surface area contributed by atoms with E-state index in [-0.39, 0.29) is 0 Å². The fourth-order valence-electron chi connectivity index (χ4n) is 2.20. The molecule has 0 amide bonds. The molecule has 0 aliphatic rings. The Bertz CT molecular complexity index is 555. The molecule has 0 saturated heterocycles. The number of hydrogen-bond acceptors (Lipinski definition) is 4. The number of hydrogen-bond donors (Lipinski definition) is 1. The first kappa shape index (κ1) is 13.8. The second-order valence-corrected chi connectivity index (χ2v) is 4.40. The molecule has 4 heteroatoms. The molecule has 0 aliphatic heterocycles. The Morgan fingerprint density at radius 3 is 2.74 bits per heavy atom. The van der Waals surface area contributed by atoms with Crippen LogP contribution in [0.3, 0.4) is 0 Å². The largest absolute Gasteiger partial charge is 0.388 e. The van der Waals surface area contributed by atoms with E-state index in [0.29, 0.717) is 13.2 Å². The highest BCUT2D eigenvalue weighted by atomic mass is 16.5. The van der Waals surface area contributed by atoms with Gasteiger partial charge in [0.1, 0.15) is 0 Å². The zero-order valence-electron chi connectivity index (χ0n) is 11.7. The highest BCUT2D eigenvalue weighted by Crippen LogP contribution is 2.26. The number of methoxy groups -OCH3 is 2. The molecule has 1 aromatic heterocycles. The van der Waals surface area contributed by atoms with Crippen molar-refractivity contribution in [1.82, 2.24) is 4.98 Å². The SMILES string of the molecule is CNc1cc(COC)nc2c(CCOC)cccc12. The summed E-state index contributed by atoms with van der Waals surface area (Å²) >= 11 is 0. The first-order valence-electron chi connectivity index (χ1n) is 6.37. The van der Waals surface area contributed by atoms with Crippen molar-refractivity contribution in [3.8, 4) is 0 Å². The maximum Gasteiger partial charge on any atom is 0.0885 e. The Labute approximate surface area is 113 Å². The summed E-state index contributed by atoms with van der Waals surface area (Å²) in [5, 5.41) is 4.36. The van der Waals surface area contributed by atoms with Gasteiger partial charge in [0, 0.05) is 32.3 Å². The zero-order chi connectivity index (χ0) is 13.7. The highest BCUT2D eigenvalue weighted by Gasteiger charge is 2.08. The molecule has 0 atom stereocenters. The molecule has 19 heavy (non-hydrogen) atoms. The maximum absolute atomic E-state index is 5.18. The van der Waals surface area contributed by atoms with E-state index in [4.69, 9.17) is 14.5 Å². The zero-order valence-corrected chi connectivity index (χ0v) is 11.7. The predicted octanol–water partition coefficient (Wildman–Crippen LogP) is 2.61. The van der Waals surface area contributed by atoms with Gasteiger partial charge in [-0.05, 0) is 18.1 Å². The van der Waals surface area contributed by atoms with E-state index < -0.39 is 0 Å². The van der Waals surface area contributed by atoms with Crippen LogP contribution in [0.1, 0.15) is 11.3 Å². The lowest BCUT2D eigenvalue weighted by Gasteiger charge is -2.12. The van der Waals surface area contributed by atoms with Crippen LogP contribution in [0.15, 0.2) is 24.3 Å². The van der Waals surface area contributed by atoms with Crippen molar-refractivity contribution in [2.45, 2.75) is 13.0 Å². The summed E-state index contributed by atoms with van der Waals surface area (Å²) in [4.78, 5) is 4.71. The van der Waals surface area contributed by atoms with E-state index in [1.165, 1.54) is 5.56 Å². The fraction of sp³-hybridized carbons (Fsp3) is 0.400. The van der Waals surface area contributed by atoms with Gasteiger partial charge in [0.2, 0.25) is 0 Å². The number of ether oxygens (including phenoxy) is 2. The number of nitrogens with zero attached hydrogens (tertiary/aromatic N) is 1. The quantitative estimate of drug-likeness (QED) is 0.867.